The number of rotatable bonds is 4. The molecule has 3 nitrogen and oxygen atoms in total. The van der Waals surface area contributed by atoms with Gasteiger partial charge in [-0.3, -0.25) is 4.79 Å². The van der Waals surface area contributed by atoms with Crippen molar-refractivity contribution in [1.82, 2.24) is 0 Å². The van der Waals surface area contributed by atoms with Gasteiger partial charge in [0, 0.05) is 3.92 Å². The number of alkyl halides is 1. The van der Waals surface area contributed by atoms with Gasteiger partial charge in [0.25, 0.3) is 0 Å². The molecule has 2 N–H and O–H groups in total. The van der Waals surface area contributed by atoms with Crippen molar-refractivity contribution in [3.63, 3.8) is 0 Å². The molecule has 0 fully saturated rings. The highest BCUT2D eigenvalue weighted by Crippen LogP contribution is 2.22. The van der Waals surface area contributed by atoms with Gasteiger partial charge in [0.1, 0.15) is 11.1 Å². The standard InChI is InChI=1S/C10H20INO2/c1-7(11)6-9(2,3)14-8(13)10(4,5)12/h7H,6,12H2,1-5H3. The Bertz CT molecular complexity index is 207. The van der Waals surface area contributed by atoms with Crippen LogP contribution in [0.2, 0.25) is 0 Å². The van der Waals surface area contributed by atoms with Gasteiger partial charge in [0.2, 0.25) is 0 Å². The van der Waals surface area contributed by atoms with E-state index < -0.39 is 11.1 Å². The zero-order chi connectivity index (χ0) is 11.6. The number of hydrogen-bond acceptors (Lipinski definition) is 3. The molecule has 0 aromatic heterocycles. The monoisotopic (exact) mass is 313 g/mol. The summed E-state index contributed by atoms with van der Waals surface area (Å²) < 4.78 is 5.81. The number of nitrogens with two attached hydrogens (primary N) is 1. The Labute approximate surface area is 99.9 Å². The van der Waals surface area contributed by atoms with Gasteiger partial charge >= 0.3 is 5.97 Å². The van der Waals surface area contributed by atoms with Gasteiger partial charge in [0.15, 0.2) is 0 Å². The molecule has 0 aromatic rings. The molecule has 0 rings (SSSR count). The fourth-order valence-corrected chi connectivity index (χ4v) is 2.16. The maximum Gasteiger partial charge on any atom is 0.326 e. The number of esters is 1. The summed E-state index contributed by atoms with van der Waals surface area (Å²) in [5.41, 5.74) is 4.29. The van der Waals surface area contributed by atoms with E-state index in [9.17, 15) is 4.79 Å². The minimum absolute atomic E-state index is 0.348. The van der Waals surface area contributed by atoms with Crippen molar-refractivity contribution in [1.29, 1.82) is 0 Å². The number of carbonyl (C=O) groups is 1. The lowest BCUT2D eigenvalue weighted by atomic mass is 10.0. The summed E-state index contributed by atoms with van der Waals surface area (Å²) in [6.45, 7) is 9.21. The Balaban J connectivity index is 4.30. The van der Waals surface area contributed by atoms with E-state index in [1.807, 2.05) is 13.8 Å². The van der Waals surface area contributed by atoms with Crippen LogP contribution < -0.4 is 5.73 Å². The molecule has 0 spiro atoms. The second-order valence-electron chi connectivity index (χ2n) is 4.86. The Morgan fingerprint density at radius 2 is 1.86 bits per heavy atom. The first-order chi connectivity index (χ1) is 6.04. The Hall–Kier alpha value is 0.160. The first kappa shape index (κ1) is 14.2. The van der Waals surface area contributed by atoms with Crippen LogP contribution in [-0.4, -0.2) is 21.0 Å². The molecule has 0 aromatic carbocycles. The quantitative estimate of drug-likeness (QED) is 0.492. The third kappa shape index (κ3) is 5.80. The van der Waals surface area contributed by atoms with Gasteiger partial charge < -0.3 is 10.5 Å². The summed E-state index contributed by atoms with van der Waals surface area (Å²) in [7, 11) is 0. The number of hydrogen-bond donors (Lipinski definition) is 1. The van der Waals surface area contributed by atoms with Crippen LogP contribution in [0.25, 0.3) is 0 Å². The van der Waals surface area contributed by atoms with Gasteiger partial charge in [0.05, 0.1) is 0 Å². The molecule has 0 heterocycles. The topological polar surface area (TPSA) is 52.3 Å². The molecule has 0 aliphatic rings. The summed E-state index contributed by atoms with van der Waals surface area (Å²) in [6, 6.07) is 0. The summed E-state index contributed by atoms with van der Waals surface area (Å²) in [5, 5.41) is 0. The van der Waals surface area contributed by atoms with E-state index in [2.05, 4.69) is 29.5 Å². The number of carbonyl (C=O) groups excluding carboxylic acids is 1. The molecule has 0 saturated carbocycles. The first-order valence-electron chi connectivity index (χ1n) is 4.71. The van der Waals surface area contributed by atoms with Crippen LogP contribution in [0.1, 0.15) is 41.0 Å². The van der Waals surface area contributed by atoms with Crippen LogP contribution in [0.15, 0.2) is 0 Å². The van der Waals surface area contributed by atoms with Crippen LogP contribution in [0, 0.1) is 0 Å². The molecular formula is C10H20INO2. The zero-order valence-corrected chi connectivity index (χ0v) is 11.7. The van der Waals surface area contributed by atoms with E-state index in [4.69, 9.17) is 10.5 Å². The van der Waals surface area contributed by atoms with Crippen LogP contribution in [0.4, 0.5) is 0 Å². The predicted molar refractivity (Wildman–Crippen MR) is 66.5 cm³/mol. The lowest BCUT2D eigenvalue weighted by Crippen LogP contribution is -2.46. The minimum Gasteiger partial charge on any atom is -0.458 e. The molecule has 0 bridgehead atoms. The van der Waals surface area contributed by atoms with E-state index in [1.54, 1.807) is 13.8 Å². The van der Waals surface area contributed by atoms with Crippen LogP contribution in [0.5, 0.6) is 0 Å². The zero-order valence-electron chi connectivity index (χ0n) is 9.56. The van der Waals surface area contributed by atoms with Crippen LogP contribution >= 0.6 is 22.6 Å². The molecular weight excluding hydrogens is 293 g/mol. The predicted octanol–water partition coefficient (Wildman–Crippen LogP) is 2.26. The highest BCUT2D eigenvalue weighted by molar-refractivity contribution is 14.1. The smallest absolute Gasteiger partial charge is 0.326 e. The van der Waals surface area contributed by atoms with E-state index in [0.29, 0.717) is 3.92 Å². The molecule has 14 heavy (non-hydrogen) atoms. The van der Waals surface area contributed by atoms with Gasteiger partial charge in [-0.1, -0.05) is 29.5 Å². The van der Waals surface area contributed by atoms with Gasteiger partial charge in [-0.05, 0) is 34.1 Å². The Kier molecular flexibility index (Phi) is 4.84. The van der Waals surface area contributed by atoms with Crippen molar-refractivity contribution >= 4 is 28.6 Å². The minimum atomic E-state index is -0.911. The highest BCUT2D eigenvalue weighted by Gasteiger charge is 2.31. The summed E-state index contributed by atoms with van der Waals surface area (Å²) in [4.78, 5) is 11.5. The van der Waals surface area contributed by atoms with E-state index in [0.717, 1.165) is 6.42 Å². The van der Waals surface area contributed by atoms with Gasteiger partial charge in [-0.25, -0.2) is 0 Å². The summed E-state index contributed by atoms with van der Waals surface area (Å²) in [5.74, 6) is -0.348. The van der Waals surface area contributed by atoms with E-state index in [1.165, 1.54) is 0 Å². The highest BCUT2D eigenvalue weighted by atomic mass is 127. The molecule has 0 radical (unpaired) electrons. The van der Waals surface area contributed by atoms with Crippen molar-refractivity contribution in [3.05, 3.63) is 0 Å². The molecule has 0 aliphatic carbocycles. The summed E-state index contributed by atoms with van der Waals surface area (Å²) >= 11 is 2.31. The molecule has 0 aliphatic heterocycles. The molecule has 4 heteroatoms. The van der Waals surface area contributed by atoms with Crippen LogP contribution in [0.3, 0.4) is 0 Å². The Morgan fingerprint density at radius 1 is 1.43 bits per heavy atom. The maximum absolute atomic E-state index is 11.5. The average molecular weight is 313 g/mol. The number of halogens is 1. The lowest BCUT2D eigenvalue weighted by Gasteiger charge is -2.29. The van der Waals surface area contributed by atoms with Crippen molar-refractivity contribution < 1.29 is 9.53 Å². The van der Waals surface area contributed by atoms with E-state index >= 15 is 0 Å². The fourth-order valence-electron chi connectivity index (χ4n) is 1.10. The van der Waals surface area contributed by atoms with Gasteiger partial charge in [-0.2, -0.15) is 0 Å². The average Bonchev–Trinajstić information content (AvgIpc) is 1.79. The van der Waals surface area contributed by atoms with Crippen molar-refractivity contribution in [2.75, 3.05) is 0 Å². The van der Waals surface area contributed by atoms with Crippen molar-refractivity contribution in [2.45, 2.75) is 56.1 Å². The lowest BCUT2D eigenvalue weighted by molar-refractivity contribution is -0.162. The van der Waals surface area contributed by atoms with Crippen LogP contribution in [-0.2, 0) is 9.53 Å². The largest absolute Gasteiger partial charge is 0.458 e. The normalized spacial score (nSPS) is 15.1. The molecule has 1 unspecified atom stereocenters. The second kappa shape index (κ2) is 4.79. The van der Waals surface area contributed by atoms with Gasteiger partial charge in [-0.15, -0.1) is 0 Å². The SMILES string of the molecule is CC(I)CC(C)(C)OC(=O)C(C)(C)N. The third-order valence-electron chi connectivity index (χ3n) is 1.67. The molecule has 84 valence electrons. The number of ether oxygens (including phenoxy) is 1. The first-order valence-corrected chi connectivity index (χ1v) is 5.95. The maximum atomic E-state index is 11.5. The summed E-state index contributed by atoms with van der Waals surface area (Å²) in [6.07, 6.45) is 0.829. The third-order valence-corrected chi connectivity index (χ3v) is 2.11. The molecule has 1 atom stereocenters. The van der Waals surface area contributed by atoms with E-state index in [-0.39, 0.29) is 5.97 Å². The fraction of sp³-hybridized carbons (Fsp3) is 0.900. The van der Waals surface area contributed by atoms with Crippen molar-refractivity contribution in [2.24, 2.45) is 5.73 Å². The molecule has 0 saturated heterocycles. The Morgan fingerprint density at radius 3 is 2.14 bits per heavy atom. The van der Waals surface area contributed by atoms with Crippen molar-refractivity contribution in [3.8, 4) is 0 Å². The second-order valence-corrected chi connectivity index (χ2v) is 6.98. The molecule has 0 amide bonds.